The Kier molecular flexibility index (Phi) is 1.65. The second-order valence-corrected chi connectivity index (χ2v) is 3.12. The van der Waals surface area contributed by atoms with Crippen LogP contribution in [-0.4, -0.2) is 16.7 Å². The molecule has 0 aromatic rings. The summed E-state index contributed by atoms with van der Waals surface area (Å²) in [5.41, 5.74) is 0. The third kappa shape index (κ3) is 1.13. The quantitative estimate of drug-likeness (QED) is 0.597. The van der Waals surface area contributed by atoms with Gasteiger partial charge in [-0.25, -0.2) is 0 Å². The van der Waals surface area contributed by atoms with E-state index in [0.29, 0.717) is 0 Å². The number of ketones is 2. The summed E-state index contributed by atoms with van der Waals surface area (Å²) in [5.74, 6) is -1.91. The van der Waals surface area contributed by atoms with Gasteiger partial charge in [-0.05, 0) is 0 Å². The summed E-state index contributed by atoms with van der Waals surface area (Å²) in [7, 11) is 0. The topological polar surface area (TPSA) is 54.4 Å². The van der Waals surface area contributed by atoms with Crippen molar-refractivity contribution < 1.29 is 14.7 Å². The van der Waals surface area contributed by atoms with E-state index in [9.17, 15) is 9.59 Å². The van der Waals surface area contributed by atoms with Crippen LogP contribution >= 0.6 is 0 Å². The van der Waals surface area contributed by atoms with Gasteiger partial charge in [0.25, 0.3) is 0 Å². The van der Waals surface area contributed by atoms with Gasteiger partial charge >= 0.3 is 0 Å². The predicted octanol–water partition coefficient (Wildman–Crippen LogP) is 0.939. The molecule has 0 amide bonds. The highest BCUT2D eigenvalue weighted by molar-refractivity contribution is 6.10. The molecule has 2 aliphatic carbocycles. The highest BCUT2D eigenvalue weighted by atomic mass is 16.3. The standard InChI is InChI=1S/C10H8O3/c11-8-5-9(12)10(13)7-4-2-1-3-6(7)8/h1-7,12H. The van der Waals surface area contributed by atoms with Crippen LogP contribution in [0.25, 0.3) is 0 Å². The molecule has 0 saturated heterocycles. The average Bonchev–Trinajstić information content (AvgIpc) is 2.15. The van der Waals surface area contributed by atoms with Gasteiger partial charge in [0.15, 0.2) is 11.5 Å². The second kappa shape index (κ2) is 2.69. The molecule has 0 aromatic carbocycles. The highest BCUT2D eigenvalue weighted by Gasteiger charge is 2.36. The van der Waals surface area contributed by atoms with Crippen LogP contribution in [0.2, 0.25) is 0 Å². The van der Waals surface area contributed by atoms with E-state index in [-0.39, 0.29) is 11.6 Å². The maximum absolute atomic E-state index is 11.3. The third-order valence-corrected chi connectivity index (χ3v) is 2.30. The van der Waals surface area contributed by atoms with Gasteiger partial charge in [0.05, 0.1) is 11.8 Å². The van der Waals surface area contributed by atoms with Gasteiger partial charge in [0.1, 0.15) is 0 Å². The molecule has 0 heterocycles. The van der Waals surface area contributed by atoms with E-state index < -0.39 is 17.6 Å². The first-order valence-corrected chi connectivity index (χ1v) is 4.04. The smallest absolute Gasteiger partial charge is 0.205 e. The number of fused-ring (bicyclic) bond motifs is 1. The zero-order valence-electron chi connectivity index (χ0n) is 6.81. The van der Waals surface area contributed by atoms with Crippen LogP contribution in [0, 0.1) is 11.8 Å². The normalized spacial score (nSPS) is 31.5. The van der Waals surface area contributed by atoms with Crippen LogP contribution in [0.3, 0.4) is 0 Å². The molecule has 0 saturated carbocycles. The van der Waals surface area contributed by atoms with E-state index >= 15 is 0 Å². The molecule has 2 rings (SSSR count). The first-order valence-electron chi connectivity index (χ1n) is 4.04. The van der Waals surface area contributed by atoms with Crippen molar-refractivity contribution in [2.75, 3.05) is 0 Å². The van der Waals surface area contributed by atoms with E-state index in [1.807, 2.05) is 0 Å². The number of carbonyl (C=O) groups excluding carboxylic acids is 2. The zero-order chi connectivity index (χ0) is 9.42. The Morgan fingerprint density at radius 2 is 1.69 bits per heavy atom. The third-order valence-electron chi connectivity index (χ3n) is 2.30. The van der Waals surface area contributed by atoms with E-state index in [0.717, 1.165) is 6.08 Å². The van der Waals surface area contributed by atoms with Crippen molar-refractivity contribution in [1.82, 2.24) is 0 Å². The van der Waals surface area contributed by atoms with Crippen molar-refractivity contribution in [2.24, 2.45) is 11.8 Å². The Morgan fingerprint density at radius 1 is 1.08 bits per heavy atom. The SMILES string of the molecule is O=C1C=C(O)C(=O)C2C=CC=CC12. The number of Topliss-reactive ketones (excluding diaryl/α,β-unsaturated/α-hetero) is 1. The lowest BCUT2D eigenvalue weighted by molar-refractivity contribution is -0.128. The van der Waals surface area contributed by atoms with Crippen molar-refractivity contribution in [3.05, 3.63) is 36.1 Å². The van der Waals surface area contributed by atoms with Crippen molar-refractivity contribution >= 4 is 11.6 Å². The fourth-order valence-corrected chi connectivity index (χ4v) is 1.60. The van der Waals surface area contributed by atoms with Crippen LogP contribution in [-0.2, 0) is 9.59 Å². The predicted molar refractivity (Wildman–Crippen MR) is 46.0 cm³/mol. The maximum Gasteiger partial charge on any atom is 0.205 e. The lowest BCUT2D eigenvalue weighted by Gasteiger charge is -2.23. The Hall–Kier alpha value is -1.64. The number of carbonyl (C=O) groups is 2. The number of hydrogen-bond donors (Lipinski definition) is 1. The minimum atomic E-state index is -0.498. The molecule has 3 nitrogen and oxygen atoms in total. The van der Waals surface area contributed by atoms with Gasteiger partial charge in [-0.3, -0.25) is 9.59 Å². The molecule has 66 valence electrons. The number of rotatable bonds is 0. The molecular weight excluding hydrogens is 168 g/mol. The maximum atomic E-state index is 11.3. The van der Waals surface area contributed by atoms with Gasteiger partial charge in [0, 0.05) is 6.08 Å². The summed E-state index contributed by atoms with van der Waals surface area (Å²) in [6, 6.07) is 0. The number of aliphatic hydroxyl groups excluding tert-OH is 1. The summed E-state index contributed by atoms with van der Waals surface area (Å²) >= 11 is 0. The van der Waals surface area contributed by atoms with E-state index in [1.165, 1.54) is 0 Å². The molecule has 2 atom stereocenters. The molecular formula is C10H8O3. The largest absolute Gasteiger partial charge is 0.504 e. The van der Waals surface area contributed by atoms with Gasteiger partial charge in [-0.1, -0.05) is 24.3 Å². The van der Waals surface area contributed by atoms with E-state index in [2.05, 4.69) is 0 Å². The van der Waals surface area contributed by atoms with Crippen molar-refractivity contribution in [3.63, 3.8) is 0 Å². The number of aliphatic hydroxyl groups is 1. The van der Waals surface area contributed by atoms with Gasteiger partial charge in [-0.15, -0.1) is 0 Å². The molecule has 0 spiro atoms. The van der Waals surface area contributed by atoms with Gasteiger partial charge in [-0.2, -0.15) is 0 Å². The minimum Gasteiger partial charge on any atom is -0.504 e. The van der Waals surface area contributed by atoms with Crippen LogP contribution in [0.5, 0.6) is 0 Å². The van der Waals surface area contributed by atoms with Crippen molar-refractivity contribution in [1.29, 1.82) is 0 Å². The van der Waals surface area contributed by atoms with E-state index in [1.54, 1.807) is 24.3 Å². The van der Waals surface area contributed by atoms with Crippen LogP contribution in [0.1, 0.15) is 0 Å². The first kappa shape index (κ1) is 7.98. The Morgan fingerprint density at radius 3 is 2.38 bits per heavy atom. The minimum absolute atomic E-state index is 0.206. The van der Waals surface area contributed by atoms with Crippen LogP contribution < -0.4 is 0 Å². The second-order valence-electron chi connectivity index (χ2n) is 3.12. The summed E-state index contributed by atoms with van der Waals surface area (Å²) in [4.78, 5) is 22.7. The molecule has 0 bridgehead atoms. The lowest BCUT2D eigenvalue weighted by Crippen LogP contribution is -2.33. The summed E-state index contributed by atoms with van der Waals surface area (Å²) in [6.07, 6.45) is 7.79. The summed E-state index contributed by atoms with van der Waals surface area (Å²) < 4.78 is 0. The molecule has 0 aliphatic heterocycles. The van der Waals surface area contributed by atoms with Gasteiger partial charge < -0.3 is 5.11 Å². The van der Waals surface area contributed by atoms with Crippen molar-refractivity contribution in [2.45, 2.75) is 0 Å². The number of hydrogen-bond acceptors (Lipinski definition) is 3. The molecule has 13 heavy (non-hydrogen) atoms. The zero-order valence-corrected chi connectivity index (χ0v) is 6.81. The first-order chi connectivity index (χ1) is 6.20. The fourth-order valence-electron chi connectivity index (χ4n) is 1.60. The lowest BCUT2D eigenvalue weighted by atomic mass is 9.78. The molecule has 0 fully saturated rings. The van der Waals surface area contributed by atoms with Crippen LogP contribution in [0.15, 0.2) is 36.1 Å². The molecule has 2 aliphatic rings. The molecule has 3 heteroatoms. The van der Waals surface area contributed by atoms with Crippen LogP contribution in [0.4, 0.5) is 0 Å². The average molecular weight is 176 g/mol. The number of allylic oxidation sites excluding steroid dienone is 6. The molecule has 0 aromatic heterocycles. The Bertz CT molecular complexity index is 360. The molecule has 0 radical (unpaired) electrons. The van der Waals surface area contributed by atoms with Crippen molar-refractivity contribution in [3.8, 4) is 0 Å². The Labute approximate surface area is 75.1 Å². The molecule has 2 unspecified atom stereocenters. The Balaban J connectivity index is 2.45. The summed E-state index contributed by atoms with van der Waals surface area (Å²) in [5, 5.41) is 9.12. The highest BCUT2D eigenvalue weighted by Crippen LogP contribution is 2.27. The van der Waals surface area contributed by atoms with Gasteiger partial charge in [0.2, 0.25) is 5.78 Å². The summed E-state index contributed by atoms with van der Waals surface area (Å²) in [6.45, 7) is 0. The fraction of sp³-hybridized carbons (Fsp3) is 0.200. The monoisotopic (exact) mass is 176 g/mol. The molecule has 1 N–H and O–H groups in total. The van der Waals surface area contributed by atoms with E-state index in [4.69, 9.17) is 5.11 Å².